The van der Waals surface area contributed by atoms with E-state index in [1.165, 1.54) is 57.5 Å². The summed E-state index contributed by atoms with van der Waals surface area (Å²) in [6.07, 6.45) is -4.45. The maximum absolute atomic E-state index is 12.7. The fourth-order valence-corrected chi connectivity index (χ4v) is 3.22. The van der Waals surface area contributed by atoms with E-state index in [1.807, 2.05) is 0 Å². The van der Waals surface area contributed by atoms with Crippen LogP contribution in [0.2, 0.25) is 0 Å². The first-order valence-corrected chi connectivity index (χ1v) is 9.53. The lowest BCUT2D eigenvalue weighted by atomic mass is 10.1. The first kappa shape index (κ1) is 21.7. The van der Waals surface area contributed by atoms with Gasteiger partial charge in [0.2, 0.25) is 0 Å². The molecule has 0 aliphatic heterocycles. The van der Waals surface area contributed by atoms with Crippen LogP contribution in [0, 0.1) is 0 Å². The van der Waals surface area contributed by atoms with E-state index in [2.05, 4.69) is 5.32 Å². The molecule has 1 amide bonds. The first-order valence-electron chi connectivity index (χ1n) is 8.13. The highest BCUT2D eigenvalue weighted by atomic mass is 32.2. The van der Waals surface area contributed by atoms with Crippen LogP contribution in [0.15, 0.2) is 48.5 Å². The van der Waals surface area contributed by atoms with Gasteiger partial charge in [-0.3, -0.25) is 9.10 Å². The quantitative estimate of drug-likeness (QED) is 0.789. The van der Waals surface area contributed by atoms with Crippen LogP contribution in [-0.2, 0) is 22.9 Å². The molecule has 152 valence electrons. The van der Waals surface area contributed by atoms with Crippen LogP contribution in [-0.4, -0.2) is 39.8 Å². The number of hydrogen-bond donors (Lipinski definition) is 1. The number of nitrogens with zero attached hydrogens (tertiary/aromatic N) is 2. The van der Waals surface area contributed by atoms with Crippen molar-refractivity contribution in [1.82, 2.24) is 9.62 Å². The molecule has 0 heterocycles. The van der Waals surface area contributed by atoms with Crippen molar-refractivity contribution >= 4 is 21.8 Å². The summed E-state index contributed by atoms with van der Waals surface area (Å²) in [4.78, 5) is 12.2. The lowest BCUT2D eigenvalue weighted by Crippen LogP contribution is -2.37. The van der Waals surface area contributed by atoms with Crippen LogP contribution in [0.1, 0.15) is 21.5 Å². The molecule has 0 radical (unpaired) electrons. The van der Waals surface area contributed by atoms with Gasteiger partial charge in [0.05, 0.1) is 11.3 Å². The van der Waals surface area contributed by atoms with Crippen LogP contribution in [0.3, 0.4) is 0 Å². The standard InChI is InChI=1S/C18H20F3N3O3S/c1-23(2)28(26,27)24(3)16-9-7-14(8-10-16)17(25)22-12-13-5-4-6-15(11-13)18(19,20)21/h4-11H,12H2,1-3H3,(H,22,25). The number of nitrogens with one attached hydrogen (secondary N) is 1. The third kappa shape index (κ3) is 5.02. The molecule has 0 spiro atoms. The largest absolute Gasteiger partial charge is 0.416 e. The Kier molecular flexibility index (Phi) is 6.35. The van der Waals surface area contributed by atoms with E-state index in [9.17, 15) is 26.4 Å². The van der Waals surface area contributed by atoms with E-state index in [0.29, 0.717) is 11.3 Å². The fourth-order valence-electron chi connectivity index (χ4n) is 2.34. The normalized spacial score (nSPS) is 12.1. The Hall–Kier alpha value is -2.59. The van der Waals surface area contributed by atoms with Crippen LogP contribution in [0.5, 0.6) is 0 Å². The van der Waals surface area contributed by atoms with Crippen molar-refractivity contribution in [3.63, 3.8) is 0 Å². The summed E-state index contributed by atoms with van der Waals surface area (Å²) < 4.78 is 64.5. The zero-order valence-corrected chi connectivity index (χ0v) is 16.3. The van der Waals surface area contributed by atoms with Gasteiger partial charge in [-0.1, -0.05) is 12.1 Å². The lowest BCUT2D eigenvalue weighted by molar-refractivity contribution is -0.137. The van der Waals surface area contributed by atoms with Gasteiger partial charge in [-0.25, -0.2) is 0 Å². The number of alkyl halides is 3. The fraction of sp³-hybridized carbons (Fsp3) is 0.278. The molecule has 2 aromatic rings. The summed E-state index contributed by atoms with van der Waals surface area (Å²) in [5.41, 5.74) is 0.153. The third-order valence-electron chi connectivity index (χ3n) is 4.01. The van der Waals surface area contributed by atoms with Crippen LogP contribution in [0.25, 0.3) is 0 Å². The zero-order valence-electron chi connectivity index (χ0n) is 15.5. The monoisotopic (exact) mass is 415 g/mol. The lowest BCUT2D eigenvalue weighted by Gasteiger charge is -2.23. The van der Waals surface area contributed by atoms with E-state index in [4.69, 9.17) is 0 Å². The maximum Gasteiger partial charge on any atom is 0.416 e. The molecule has 0 aromatic heterocycles. The molecule has 0 unspecified atom stereocenters. The maximum atomic E-state index is 12.7. The van der Waals surface area contributed by atoms with E-state index in [1.54, 1.807) is 0 Å². The van der Waals surface area contributed by atoms with Gasteiger partial charge in [-0.15, -0.1) is 0 Å². The Morgan fingerprint density at radius 1 is 1.04 bits per heavy atom. The van der Waals surface area contributed by atoms with Gasteiger partial charge in [0.1, 0.15) is 0 Å². The van der Waals surface area contributed by atoms with Crippen molar-refractivity contribution in [3.05, 3.63) is 65.2 Å². The molecular weight excluding hydrogens is 395 g/mol. The zero-order chi connectivity index (χ0) is 21.1. The molecule has 28 heavy (non-hydrogen) atoms. The van der Waals surface area contributed by atoms with E-state index < -0.39 is 27.9 Å². The van der Waals surface area contributed by atoms with Gasteiger partial charge in [-0.05, 0) is 42.0 Å². The summed E-state index contributed by atoms with van der Waals surface area (Å²) >= 11 is 0. The first-order chi connectivity index (χ1) is 12.9. The Bertz CT molecular complexity index is 943. The molecule has 2 aromatic carbocycles. The molecule has 0 bridgehead atoms. The topological polar surface area (TPSA) is 69.7 Å². The minimum absolute atomic E-state index is 0.0700. The second-order valence-corrected chi connectivity index (χ2v) is 8.36. The highest BCUT2D eigenvalue weighted by Crippen LogP contribution is 2.29. The van der Waals surface area contributed by atoms with Gasteiger partial charge in [0.15, 0.2) is 0 Å². The van der Waals surface area contributed by atoms with Crippen molar-refractivity contribution in [1.29, 1.82) is 0 Å². The molecule has 10 heteroatoms. The molecular formula is C18H20F3N3O3S. The Morgan fingerprint density at radius 3 is 2.18 bits per heavy atom. The number of amides is 1. The van der Waals surface area contributed by atoms with Crippen molar-refractivity contribution < 1.29 is 26.4 Å². The van der Waals surface area contributed by atoms with Gasteiger partial charge in [-0.2, -0.15) is 25.9 Å². The molecule has 6 nitrogen and oxygen atoms in total. The molecule has 0 saturated heterocycles. The number of anilines is 1. The highest BCUT2D eigenvalue weighted by Gasteiger charge is 2.30. The number of benzene rings is 2. The number of rotatable bonds is 6. The van der Waals surface area contributed by atoms with Crippen molar-refractivity contribution in [2.75, 3.05) is 25.4 Å². The SMILES string of the molecule is CN(C)S(=O)(=O)N(C)c1ccc(C(=O)NCc2cccc(C(F)(F)F)c2)cc1. The van der Waals surface area contributed by atoms with Crippen molar-refractivity contribution in [2.45, 2.75) is 12.7 Å². The Labute approximate surface area is 161 Å². The number of halogens is 3. The molecule has 1 N–H and O–H groups in total. The van der Waals surface area contributed by atoms with Gasteiger partial charge in [0, 0.05) is 33.3 Å². The van der Waals surface area contributed by atoms with Crippen LogP contribution in [0.4, 0.5) is 18.9 Å². The smallest absolute Gasteiger partial charge is 0.348 e. The minimum Gasteiger partial charge on any atom is -0.348 e. The molecule has 0 aliphatic rings. The summed E-state index contributed by atoms with van der Waals surface area (Å²) in [5.74, 6) is -0.484. The second-order valence-electron chi connectivity index (χ2n) is 6.19. The summed E-state index contributed by atoms with van der Waals surface area (Å²) in [5, 5.41) is 2.54. The van der Waals surface area contributed by atoms with E-state index >= 15 is 0 Å². The van der Waals surface area contributed by atoms with Crippen LogP contribution < -0.4 is 9.62 Å². The second kappa shape index (κ2) is 8.19. The summed E-state index contributed by atoms with van der Waals surface area (Å²) in [7, 11) is 0.544. The Morgan fingerprint density at radius 2 is 1.64 bits per heavy atom. The third-order valence-corrected chi connectivity index (χ3v) is 5.83. The molecule has 2 rings (SSSR count). The molecule has 0 aliphatic carbocycles. The van der Waals surface area contributed by atoms with Crippen LogP contribution >= 0.6 is 0 Å². The number of hydrogen-bond acceptors (Lipinski definition) is 3. The molecule has 0 atom stereocenters. The minimum atomic E-state index is -4.45. The van der Waals surface area contributed by atoms with Crippen molar-refractivity contribution in [3.8, 4) is 0 Å². The summed E-state index contributed by atoms with van der Waals surface area (Å²) in [6, 6.07) is 10.5. The average molecular weight is 415 g/mol. The highest BCUT2D eigenvalue weighted by molar-refractivity contribution is 7.90. The molecule has 0 fully saturated rings. The van der Waals surface area contributed by atoms with E-state index in [0.717, 1.165) is 20.7 Å². The molecule has 0 saturated carbocycles. The van der Waals surface area contributed by atoms with Gasteiger partial charge >= 0.3 is 16.4 Å². The predicted octanol–water partition coefficient (Wildman–Crippen LogP) is 2.88. The average Bonchev–Trinajstić information content (AvgIpc) is 2.65. The summed E-state index contributed by atoms with van der Waals surface area (Å²) in [6.45, 7) is -0.0700. The predicted molar refractivity (Wildman–Crippen MR) is 100 cm³/mol. The van der Waals surface area contributed by atoms with Gasteiger partial charge < -0.3 is 5.32 Å². The van der Waals surface area contributed by atoms with E-state index in [-0.39, 0.29) is 12.1 Å². The van der Waals surface area contributed by atoms with Gasteiger partial charge in [0.25, 0.3) is 5.91 Å². The Balaban J connectivity index is 2.06. The number of carbonyl (C=O) groups is 1. The number of carbonyl (C=O) groups excluding carboxylic acids is 1. The van der Waals surface area contributed by atoms with Crippen molar-refractivity contribution in [2.24, 2.45) is 0 Å².